The van der Waals surface area contributed by atoms with E-state index in [0.29, 0.717) is 11.3 Å². The fourth-order valence-corrected chi connectivity index (χ4v) is 4.59. The summed E-state index contributed by atoms with van der Waals surface area (Å²) in [5.41, 5.74) is -0.151. The summed E-state index contributed by atoms with van der Waals surface area (Å²) in [5.74, 6) is -0.990. The van der Waals surface area contributed by atoms with Gasteiger partial charge < -0.3 is 9.64 Å². The zero-order valence-electron chi connectivity index (χ0n) is 18.4. The molecular weight excluding hydrogens is 447 g/mol. The van der Waals surface area contributed by atoms with Crippen molar-refractivity contribution >= 4 is 15.9 Å². The highest BCUT2D eigenvalue weighted by atomic mass is 32.2. The quantitative estimate of drug-likeness (QED) is 0.653. The number of sulfone groups is 1. The highest BCUT2D eigenvalue weighted by Gasteiger charge is 2.34. The van der Waals surface area contributed by atoms with Gasteiger partial charge in [0.15, 0.2) is 14.9 Å². The van der Waals surface area contributed by atoms with Gasteiger partial charge in [0.25, 0.3) is 6.43 Å². The molecule has 176 valence electrons. The minimum atomic E-state index is -3.75. The van der Waals surface area contributed by atoms with Crippen LogP contribution in [0.15, 0.2) is 23.2 Å². The van der Waals surface area contributed by atoms with E-state index in [0.717, 1.165) is 12.1 Å². The van der Waals surface area contributed by atoms with Gasteiger partial charge >= 0.3 is 6.09 Å². The largest absolute Gasteiger partial charge is 0.444 e. The summed E-state index contributed by atoms with van der Waals surface area (Å²) in [6.07, 6.45) is -3.20. The third-order valence-electron chi connectivity index (χ3n) is 5.09. The molecule has 0 radical (unpaired) electrons. The molecular formula is C21H26F3N3O4S. The van der Waals surface area contributed by atoms with E-state index in [2.05, 4.69) is 5.10 Å². The second kappa shape index (κ2) is 8.76. The van der Waals surface area contributed by atoms with Gasteiger partial charge in [0.2, 0.25) is 0 Å². The molecule has 32 heavy (non-hydrogen) atoms. The second-order valence-electron chi connectivity index (χ2n) is 8.59. The Kier molecular flexibility index (Phi) is 6.60. The van der Waals surface area contributed by atoms with E-state index in [1.807, 2.05) is 0 Å². The summed E-state index contributed by atoms with van der Waals surface area (Å²) >= 11 is 0. The Morgan fingerprint density at radius 2 is 1.97 bits per heavy atom. The Morgan fingerprint density at radius 1 is 1.28 bits per heavy atom. The van der Waals surface area contributed by atoms with Gasteiger partial charge in [0.1, 0.15) is 11.4 Å². The molecule has 3 rings (SSSR count). The molecule has 7 nitrogen and oxygen atoms in total. The van der Waals surface area contributed by atoms with Gasteiger partial charge in [0.05, 0.1) is 18.8 Å². The van der Waals surface area contributed by atoms with Crippen molar-refractivity contribution < 1.29 is 31.1 Å². The molecule has 0 spiro atoms. The molecule has 2 heterocycles. The van der Waals surface area contributed by atoms with E-state index < -0.39 is 39.3 Å². The number of hydrogen-bond acceptors (Lipinski definition) is 5. The number of carbonyl (C=O) groups excluding carboxylic acids is 1. The lowest BCUT2D eigenvalue weighted by Gasteiger charge is -2.30. The van der Waals surface area contributed by atoms with Crippen LogP contribution < -0.4 is 0 Å². The Morgan fingerprint density at radius 3 is 2.56 bits per heavy atom. The monoisotopic (exact) mass is 473 g/mol. The number of halogens is 3. The molecule has 11 heteroatoms. The average Bonchev–Trinajstić information content (AvgIpc) is 3.06. The number of rotatable bonds is 5. The maximum atomic E-state index is 13.5. The molecule has 0 N–H and O–H groups in total. The Bertz CT molecular complexity index is 1120. The topological polar surface area (TPSA) is 81.5 Å². The van der Waals surface area contributed by atoms with Crippen molar-refractivity contribution in [2.45, 2.75) is 64.3 Å². The summed E-state index contributed by atoms with van der Waals surface area (Å²) in [6, 6.07) is 3.09. The summed E-state index contributed by atoms with van der Waals surface area (Å²) in [4.78, 5) is 13.9. The lowest BCUT2D eigenvalue weighted by molar-refractivity contribution is 0.0221. The third kappa shape index (κ3) is 5.08. The highest BCUT2D eigenvalue weighted by molar-refractivity contribution is 7.91. The predicted molar refractivity (Wildman–Crippen MR) is 111 cm³/mol. The van der Waals surface area contributed by atoms with E-state index in [9.17, 15) is 26.4 Å². The summed E-state index contributed by atoms with van der Waals surface area (Å²) < 4.78 is 72.4. The highest BCUT2D eigenvalue weighted by Crippen LogP contribution is 2.30. The number of nitrogens with zero attached hydrogens (tertiary/aromatic N) is 3. The summed E-state index contributed by atoms with van der Waals surface area (Å²) in [7, 11) is -3.75. The van der Waals surface area contributed by atoms with Crippen LogP contribution in [-0.4, -0.2) is 47.1 Å². The van der Waals surface area contributed by atoms with Crippen molar-refractivity contribution in [2.24, 2.45) is 0 Å². The molecule has 1 aromatic carbocycles. The van der Waals surface area contributed by atoms with Crippen LogP contribution in [0.2, 0.25) is 0 Å². The van der Waals surface area contributed by atoms with Gasteiger partial charge in [-0.1, -0.05) is 13.0 Å². The average molecular weight is 474 g/mol. The van der Waals surface area contributed by atoms with Crippen LogP contribution in [0.25, 0.3) is 0 Å². The van der Waals surface area contributed by atoms with Crippen LogP contribution in [0.4, 0.5) is 18.0 Å². The van der Waals surface area contributed by atoms with Crippen LogP contribution in [-0.2, 0) is 34.1 Å². The first-order chi connectivity index (χ1) is 14.8. The molecule has 0 unspecified atom stereocenters. The number of benzene rings is 1. The van der Waals surface area contributed by atoms with Crippen LogP contribution in [0, 0.1) is 5.82 Å². The molecule has 0 atom stereocenters. The van der Waals surface area contributed by atoms with E-state index >= 15 is 0 Å². The first kappa shape index (κ1) is 24.1. The van der Waals surface area contributed by atoms with E-state index in [4.69, 9.17) is 4.74 Å². The Balaban J connectivity index is 2.02. The number of ether oxygens (including phenoxy) is 1. The fourth-order valence-electron chi connectivity index (χ4n) is 3.53. The minimum Gasteiger partial charge on any atom is -0.444 e. The summed E-state index contributed by atoms with van der Waals surface area (Å²) in [5, 5.41) is 4.06. The minimum absolute atomic E-state index is 0.0239. The van der Waals surface area contributed by atoms with Gasteiger partial charge in [-0.15, -0.1) is 0 Å². The Labute approximate surface area is 185 Å². The molecule has 2 aromatic rings. The number of alkyl halides is 2. The van der Waals surface area contributed by atoms with Crippen LogP contribution in [0.5, 0.6) is 0 Å². The first-order valence-corrected chi connectivity index (χ1v) is 11.8. The lowest BCUT2D eigenvalue weighted by Crippen LogP contribution is -2.40. The van der Waals surface area contributed by atoms with E-state index in [1.54, 1.807) is 20.8 Å². The lowest BCUT2D eigenvalue weighted by atomic mass is 10.1. The number of aromatic nitrogens is 2. The predicted octanol–water partition coefficient (Wildman–Crippen LogP) is 4.09. The molecule has 1 aliphatic rings. The molecule has 1 aromatic heterocycles. The van der Waals surface area contributed by atoms with Gasteiger partial charge in [-0.2, -0.15) is 5.10 Å². The van der Waals surface area contributed by atoms with Crippen molar-refractivity contribution in [2.75, 3.05) is 12.3 Å². The van der Waals surface area contributed by atoms with E-state index in [1.165, 1.54) is 22.6 Å². The van der Waals surface area contributed by atoms with E-state index in [-0.39, 0.29) is 42.4 Å². The Hall–Kier alpha value is -2.56. The molecule has 0 saturated heterocycles. The van der Waals surface area contributed by atoms with Gasteiger partial charge in [-0.25, -0.2) is 26.4 Å². The van der Waals surface area contributed by atoms with Crippen molar-refractivity contribution in [1.29, 1.82) is 0 Å². The molecule has 0 bridgehead atoms. The van der Waals surface area contributed by atoms with Gasteiger partial charge in [-0.05, 0) is 38.5 Å². The zero-order valence-corrected chi connectivity index (χ0v) is 19.2. The molecule has 0 fully saturated rings. The number of hydrogen-bond donors (Lipinski definition) is 0. The van der Waals surface area contributed by atoms with Gasteiger partial charge in [0, 0.05) is 29.8 Å². The molecule has 0 aliphatic carbocycles. The maximum absolute atomic E-state index is 13.5. The number of amides is 1. The second-order valence-corrected chi connectivity index (χ2v) is 10.8. The normalized spacial score (nSPS) is 14.6. The van der Waals surface area contributed by atoms with Crippen molar-refractivity contribution in [1.82, 2.24) is 14.7 Å². The smallest absolute Gasteiger partial charge is 0.410 e. The summed E-state index contributed by atoms with van der Waals surface area (Å²) in [6.45, 7) is 6.75. The molecule has 0 saturated carbocycles. The van der Waals surface area contributed by atoms with Crippen molar-refractivity contribution in [3.63, 3.8) is 0 Å². The number of carbonyl (C=O) groups is 1. The number of fused-ring (bicyclic) bond motifs is 1. The maximum Gasteiger partial charge on any atom is 0.410 e. The molecule has 1 aliphatic heterocycles. The zero-order chi connectivity index (χ0) is 23.8. The molecule has 1 amide bonds. The third-order valence-corrected chi connectivity index (χ3v) is 6.76. The fraction of sp³-hybridized carbons (Fsp3) is 0.524. The van der Waals surface area contributed by atoms with Crippen molar-refractivity contribution in [3.8, 4) is 0 Å². The SMILES string of the molecule is CCS(=O)(=O)c1nn(Cc2ccc(F)cc2C(F)F)c2c1CN(C(=O)OC(C)(C)C)CC2. The van der Waals surface area contributed by atoms with Gasteiger partial charge in [-0.3, -0.25) is 4.68 Å². The standard InChI is InChI=1S/C21H26F3N3O4S/c1-5-32(29,30)19-16-12-26(20(28)31-21(2,3)4)9-8-17(16)27(25-19)11-13-6-7-14(22)10-15(13)18(23)24/h6-7,10,18H,5,8-9,11-12H2,1-4H3. The van der Waals surface area contributed by atoms with Crippen LogP contribution >= 0.6 is 0 Å². The van der Waals surface area contributed by atoms with Crippen LogP contribution in [0.3, 0.4) is 0 Å². The van der Waals surface area contributed by atoms with Crippen LogP contribution in [0.1, 0.15) is 56.5 Å². The first-order valence-electron chi connectivity index (χ1n) is 10.2. The van der Waals surface area contributed by atoms with Crippen molar-refractivity contribution in [3.05, 3.63) is 46.4 Å².